The second kappa shape index (κ2) is 5.40. The van der Waals surface area contributed by atoms with Gasteiger partial charge in [-0.15, -0.1) is 0 Å². The normalized spacial score (nSPS) is 16.9. The van der Waals surface area contributed by atoms with Crippen molar-refractivity contribution >= 4 is 15.9 Å². The molecule has 1 atom stereocenters. The molecule has 0 aromatic heterocycles. The van der Waals surface area contributed by atoms with E-state index in [4.69, 9.17) is 4.74 Å². The zero-order valence-electron chi connectivity index (χ0n) is 10.7. The molecule has 1 aromatic rings. The predicted molar refractivity (Wildman–Crippen MR) is 74.7 cm³/mol. The average molecular weight is 298 g/mol. The molecule has 1 aliphatic rings. The van der Waals surface area contributed by atoms with Gasteiger partial charge in [0.05, 0.1) is 0 Å². The van der Waals surface area contributed by atoms with Gasteiger partial charge in [-0.05, 0) is 56.9 Å². The lowest BCUT2D eigenvalue weighted by molar-refractivity contribution is 0.216. The van der Waals surface area contributed by atoms with Crippen LogP contribution in [-0.2, 0) is 0 Å². The van der Waals surface area contributed by atoms with Crippen LogP contribution in [0.15, 0.2) is 16.6 Å². The van der Waals surface area contributed by atoms with E-state index in [2.05, 4.69) is 54.2 Å². The van der Waals surface area contributed by atoms with Crippen LogP contribution < -0.4 is 10.1 Å². The third-order valence-corrected chi connectivity index (χ3v) is 4.27. The number of aryl methyl sites for hydroxylation is 2. The Morgan fingerprint density at radius 3 is 2.47 bits per heavy atom. The molecule has 0 amide bonds. The van der Waals surface area contributed by atoms with E-state index >= 15 is 0 Å². The molecule has 0 heterocycles. The lowest BCUT2D eigenvalue weighted by Gasteiger charge is -2.17. The largest absolute Gasteiger partial charge is 0.489 e. The van der Waals surface area contributed by atoms with Gasteiger partial charge in [0.2, 0.25) is 0 Å². The van der Waals surface area contributed by atoms with Gasteiger partial charge >= 0.3 is 0 Å². The zero-order valence-corrected chi connectivity index (χ0v) is 12.3. The van der Waals surface area contributed by atoms with Gasteiger partial charge in [-0.3, -0.25) is 0 Å². The van der Waals surface area contributed by atoms with Crippen LogP contribution >= 0.6 is 15.9 Å². The molecule has 0 spiro atoms. The van der Waals surface area contributed by atoms with Crippen molar-refractivity contribution in [2.24, 2.45) is 0 Å². The molecule has 3 heteroatoms. The molecule has 1 N–H and O–H groups in total. The molecule has 0 bridgehead atoms. The summed E-state index contributed by atoms with van der Waals surface area (Å²) >= 11 is 3.57. The number of halogens is 1. The summed E-state index contributed by atoms with van der Waals surface area (Å²) < 4.78 is 7.10. The van der Waals surface area contributed by atoms with E-state index < -0.39 is 0 Å². The van der Waals surface area contributed by atoms with Crippen LogP contribution in [0.25, 0.3) is 0 Å². The fourth-order valence-corrected chi connectivity index (χ4v) is 2.10. The highest BCUT2D eigenvalue weighted by Gasteiger charge is 2.21. The minimum atomic E-state index is 0.218. The molecule has 1 aliphatic carbocycles. The Kier molecular flexibility index (Phi) is 4.10. The zero-order chi connectivity index (χ0) is 12.4. The summed E-state index contributed by atoms with van der Waals surface area (Å²) in [5, 5.41) is 3.48. The Morgan fingerprint density at radius 1 is 1.35 bits per heavy atom. The summed E-state index contributed by atoms with van der Waals surface area (Å²) in [6.07, 6.45) is 2.86. The van der Waals surface area contributed by atoms with Gasteiger partial charge in [-0.25, -0.2) is 0 Å². The quantitative estimate of drug-likeness (QED) is 0.897. The predicted octanol–water partition coefficient (Wildman–Crippen LogP) is 3.59. The van der Waals surface area contributed by atoms with E-state index in [0.29, 0.717) is 0 Å². The second-order valence-electron chi connectivity index (χ2n) is 4.98. The van der Waals surface area contributed by atoms with E-state index in [0.717, 1.165) is 18.3 Å². The Labute approximate surface area is 112 Å². The van der Waals surface area contributed by atoms with Crippen LogP contribution in [0.4, 0.5) is 0 Å². The van der Waals surface area contributed by atoms with Crippen LogP contribution in [0.2, 0.25) is 0 Å². The molecular formula is C14H20BrNO. The molecule has 1 saturated carbocycles. The first kappa shape index (κ1) is 12.9. The van der Waals surface area contributed by atoms with Crippen LogP contribution in [0.3, 0.4) is 0 Å². The number of benzene rings is 1. The number of ether oxygens (including phenoxy) is 1. The summed E-state index contributed by atoms with van der Waals surface area (Å²) in [4.78, 5) is 0. The standard InChI is InChI=1S/C14H20BrNO/c1-9-6-13(7-10(2)14(9)15)17-11(3)8-16-12-4-5-12/h6-7,11-12,16H,4-5,8H2,1-3H3. The first-order chi connectivity index (χ1) is 8.06. The van der Waals surface area contributed by atoms with Crippen LogP contribution in [0.5, 0.6) is 5.75 Å². The molecule has 1 aromatic carbocycles. The SMILES string of the molecule is Cc1cc(OC(C)CNC2CC2)cc(C)c1Br. The van der Waals surface area contributed by atoms with Crippen molar-refractivity contribution < 1.29 is 4.74 Å². The minimum Gasteiger partial charge on any atom is -0.489 e. The van der Waals surface area contributed by atoms with Crippen molar-refractivity contribution in [1.29, 1.82) is 0 Å². The smallest absolute Gasteiger partial charge is 0.120 e. The third kappa shape index (κ3) is 3.71. The van der Waals surface area contributed by atoms with Crippen LogP contribution in [0.1, 0.15) is 30.9 Å². The lowest BCUT2D eigenvalue weighted by Crippen LogP contribution is -2.30. The van der Waals surface area contributed by atoms with Crippen molar-refractivity contribution in [2.45, 2.75) is 45.8 Å². The first-order valence-corrected chi connectivity index (χ1v) is 7.02. The number of hydrogen-bond acceptors (Lipinski definition) is 2. The topological polar surface area (TPSA) is 21.3 Å². The average Bonchev–Trinajstić information content (AvgIpc) is 3.07. The fraction of sp³-hybridized carbons (Fsp3) is 0.571. The lowest BCUT2D eigenvalue weighted by atomic mass is 10.1. The minimum absolute atomic E-state index is 0.218. The van der Waals surface area contributed by atoms with E-state index in [1.807, 2.05) is 0 Å². The molecule has 2 nitrogen and oxygen atoms in total. The van der Waals surface area contributed by atoms with E-state index in [-0.39, 0.29) is 6.10 Å². The monoisotopic (exact) mass is 297 g/mol. The number of nitrogens with one attached hydrogen (secondary N) is 1. The summed E-state index contributed by atoms with van der Waals surface area (Å²) in [6, 6.07) is 4.92. The summed E-state index contributed by atoms with van der Waals surface area (Å²) in [6.45, 7) is 7.23. The second-order valence-corrected chi connectivity index (χ2v) is 5.78. The van der Waals surface area contributed by atoms with Gasteiger partial charge in [0.1, 0.15) is 11.9 Å². The van der Waals surface area contributed by atoms with E-state index in [1.54, 1.807) is 0 Å². The van der Waals surface area contributed by atoms with Gasteiger partial charge in [0.15, 0.2) is 0 Å². The molecule has 1 fully saturated rings. The molecule has 0 radical (unpaired) electrons. The Balaban J connectivity index is 1.92. The first-order valence-electron chi connectivity index (χ1n) is 6.23. The highest BCUT2D eigenvalue weighted by atomic mass is 79.9. The summed E-state index contributed by atoms with van der Waals surface area (Å²) in [5.41, 5.74) is 2.45. The molecule has 0 aliphatic heterocycles. The third-order valence-electron chi connectivity index (χ3n) is 3.02. The van der Waals surface area contributed by atoms with Crippen molar-refractivity contribution in [3.63, 3.8) is 0 Å². The molecular weight excluding hydrogens is 278 g/mol. The van der Waals surface area contributed by atoms with Gasteiger partial charge < -0.3 is 10.1 Å². The summed E-state index contributed by atoms with van der Waals surface area (Å²) in [7, 11) is 0. The van der Waals surface area contributed by atoms with Crippen molar-refractivity contribution in [2.75, 3.05) is 6.54 Å². The van der Waals surface area contributed by atoms with E-state index in [1.165, 1.54) is 28.4 Å². The fourth-order valence-electron chi connectivity index (χ4n) is 1.87. The van der Waals surface area contributed by atoms with Crippen molar-refractivity contribution in [3.05, 3.63) is 27.7 Å². The molecule has 0 saturated heterocycles. The highest BCUT2D eigenvalue weighted by molar-refractivity contribution is 9.10. The van der Waals surface area contributed by atoms with E-state index in [9.17, 15) is 0 Å². The molecule has 17 heavy (non-hydrogen) atoms. The molecule has 2 rings (SSSR count). The van der Waals surface area contributed by atoms with Crippen LogP contribution in [0, 0.1) is 13.8 Å². The van der Waals surface area contributed by atoms with Crippen molar-refractivity contribution in [1.82, 2.24) is 5.32 Å². The maximum absolute atomic E-state index is 5.93. The van der Waals surface area contributed by atoms with Gasteiger partial charge in [0.25, 0.3) is 0 Å². The van der Waals surface area contributed by atoms with Crippen molar-refractivity contribution in [3.8, 4) is 5.75 Å². The van der Waals surface area contributed by atoms with Gasteiger partial charge in [-0.2, -0.15) is 0 Å². The Bertz CT molecular complexity index is 378. The number of rotatable bonds is 5. The maximum Gasteiger partial charge on any atom is 0.120 e. The maximum atomic E-state index is 5.93. The Morgan fingerprint density at radius 2 is 1.94 bits per heavy atom. The molecule has 94 valence electrons. The van der Waals surface area contributed by atoms with Crippen LogP contribution in [-0.4, -0.2) is 18.7 Å². The highest BCUT2D eigenvalue weighted by Crippen LogP contribution is 2.27. The Hall–Kier alpha value is -0.540. The van der Waals surface area contributed by atoms with Gasteiger partial charge in [0, 0.05) is 17.1 Å². The number of hydrogen-bond donors (Lipinski definition) is 1. The molecule has 1 unspecified atom stereocenters. The van der Waals surface area contributed by atoms with Gasteiger partial charge in [-0.1, -0.05) is 15.9 Å². The summed E-state index contributed by atoms with van der Waals surface area (Å²) in [5.74, 6) is 0.966.